The zero-order valence-electron chi connectivity index (χ0n) is 14.7. The highest BCUT2D eigenvalue weighted by Crippen LogP contribution is 2.40. The average Bonchev–Trinajstić information content (AvgIpc) is 3.19. The highest BCUT2D eigenvalue weighted by atomic mass is 32.1. The van der Waals surface area contributed by atoms with Gasteiger partial charge in [-0.25, -0.2) is 9.97 Å². The van der Waals surface area contributed by atoms with Crippen LogP contribution in [0.4, 0.5) is 5.95 Å². The van der Waals surface area contributed by atoms with Crippen LogP contribution in [0.2, 0.25) is 0 Å². The van der Waals surface area contributed by atoms with Gasteiger partial charge in [0.2, 0.25) is 5.95 Å². The summed E-state index contributed by atoms with van der Waals surface area (Å²) in [4.78, 5) is 11.8. The monoisotopic (exact) mass is 357 g/mol. The van der Waals surface area contributed by atoms with Gasteiger partial charge in [0, 0.05) is 17.3 Å². The van der Waals surface area contributed by atoms with Crippen LogP contribution in [-0.4, -0.2) is 31.2 Å². The van der Waals surface area contributed by atoms with E-state index in [-0.39, 0.29) is 5.60 Å². The minimum Gasteiger partial charge on any atom is -0.370 e. The van der Waals surface area contributed by atoms with Crippen LogP contribution < -0.4 is 5.32 Å². The molecule has 0 atom stereocenters. The van der Waals surface area contributed by atoms with E-state index in [9.17, 15) is 0 Å². The van der Waals surface area contributed by atoms with Crippen LogP contribution in [-0.2, 0) is 17.8 Å². The summed E-state index contributed by atoms with van der Waals surface area (Å²) < 4.78 is 7.87. The van der Waals surface area contributed by atoms with Gasteiger partial charge in [-0.05, 0) is 32.3 Å². The number of aromatic nitrogens is 4. The highest BCUT2D eigenvalue weighted by molar-refractivity contribution is 7.19. The van der Waals surface area contributed by atoms with E-state index >= 15 is 0 Å². The Balaban J connectivity index is 1.64. The number of fused-ring (bicyclic) bond motifs is 5. The Morgan fingerprint density at radius 2 is 2.12 bits per heavy atom. The first-order valence-electron chi connectivity index (χ1n) is 9.15. The van der Waals surface area contributed by atoms with Crippen molar-refractivity contribution in [3.63, 3.8) is 0 Å². The lowest BCUT2D eigenvalue weighted by molar-refractivity contribution is -0.0379. The molecule has 3 aromatic heterocycles. The first-order chi connectivity index (χ1) is 12.1. The molecule has 6 nitrogen and oxygen atoms in total. The number of ether oxygens (including phenoxy) is 1. The van der Waals surface area contributed by atoms with Crippen molar-refractivity contribution in [1.29, 1.82) is 0 Å². The summed E-state index contributed by atoms with van der Waals surface area (Å²) in [7, 11) is 0. The molecule has 0 bridgehead atoms. The molecule has 1 aliphatic carbocycles. The summed E-state index contributed by atoms with van der Waals surface area (Å²) >= 11 is 1.74. The van der Waals surface area contributed by atoms with E-state index < -0.39 is 0 Å². The Kier molecular flexibility index (Phi) is 3.50. The fourth-order valence-corrected chi connectivity index (χ4v) is 5.18. The summed E-state index contributed by atoms with van der Waals surface area (Å²) in [6.45, 7) is 4.95. The van der Waals surface area contributed by atoms with Crippen LogP contribution in [0.3, 0.4) is 0 Å². The third kappa shape index (κ3) is 2.60. The molecule has 1 N–H and O–H groups in total. The Bertz CT molecular complexity index is 938. The lowest BCUT2D eigenvalue weighted by Gasteiger charge is -2.30. The maximum atomic E-state index is 5.99. The fraction of sp³-hybridized carbons (Fsp3) is 0.611. The number of nitrogens with one attached hydrogen (secondary N) is 1. The standard InChI is InChI=1S/C18H23N5OS/c1-18(2)8-12-13(9-24-18)25-16-14(12)15-19-10-20-23(15)17(22-16)21-11-6-4-3-5-7-11/h10-11H,3-9H2,1-2H3,(H,21,22). The van der Waals surface area contributed by atoms with Crippen LogP contribution in [0.15, 0.2) is 6.33 Å². The number of rotatable bonds is 2. The lowest BCUT2D eigenvalue weighted by atomic mass is 9.94. The number of anilines is 1. The first kappa shape index (κ1) is 15.5. The highest BCUT2D eigenvalue weighted by Gasteiger charge is 2.31. The maximum absolute atomic E-state index is 5.99. The Hall–Kier alpha value is -1.73. The van der Waals surface area contributed by atoms with Gasteiger partial charge < -0.3 is 10.1 Å². The van der Waals surface area contributed by atoms with Gasteiger partial charge in [-0.1, -0.05) is 19.3 Å². The van der Waals surface area contributed by atoms with Crippen molar-refractivity contribution in [1.82, 2.24) is 19.6 Å². The first-order valence-corrected chi connectivity index (χ1v) is 9.97. The topological polar surface area (TPSA) is 64.3 Å². The normalized spacial score (nSPS) is 20.9. The van der Waals surface area contributed by atoms with Gasteiger partial charge in [0.15, 0.2) is 5.65 Å². The van der Waals surface area contributed by atoms with Gasteiger partial charge in [0.1, 0.15) is 11.2 Å². The van der Waals surface area contributed by atoms with Gasteiger partial charge in [-0.3, -0.25) is 0 Å². The zero-order chi connectivity index (χ0) is 17.0. The van der Waals surface area contributed by atoms with E-state index in [4.69, 9.17) is 9.72 Å². The van der Waals surface area contributed by atoms with E-state index in [0.29, 0.717) is 12.6 Å². The quantitative estimate of drug-likeness (QED) is 0.753. The minimum atomic E-state index is -0.142. The summed E-state index contributed by atoms with van der Waals surface area (Å²) in [6, 6.07) is 0.489. The Labute approximate surface area is 150 Å². The number of hydrogen-bond donors (Lipinski definition) is 1. The summed E-state index contributed by atoms with van der Waals surface area (Å²) in [5, 5.41) is 9.23. The van der Waals surface area contributed by atoms with Crippen molar-refractivity contribution < 1.29 is 4.74 Å². The summed E-state index contributed by atoms with van der Waals surface area (Å²) in [5.74, 6) is 0.825. The third-order valence-corrected chi connectivity index (χ3v) is 6.49. The molecule has 0 amide bonds. The molecule has 4 heterocycles. The molecule has 0 saturated heterocycles. The number of nitrogens with zero attached hydrogens (tertiary/aromatic N) is 4. The molecule has 0 spiro atoms. The minimum absolute atomic E-state index is 0.142. The van der Waals surface area contributed by atoms with E-state index in [1.54, 1.807) is 17.7 Å². The average molecular weight is 357 g/mol. The van der Waals surface area contributed by atoms with Crippen LogP contribution in [0, 0.1) is 0 Å². The molecule has 1 saturated carbocycles. The van der Waals surface area contributed by atoms with Gasteiger partial charge in [-0.15, -0.1) is 11.3 Å². The van der Waals surface area contributed by atoms with Gasteiger partial charge in [0.25, 0.3) is 0 Å². The van der Waals surface area contributed by atoms with E-state index in [0.717, 1.165) is 28.2 Å². The summed E-state index contributed by atoms with van der Waals surface area (Å²) in [6.07, 6.45) is 8.87. The van der Waals surface area contributed by atoms with Crippen LogP contribution >= 0.6 is 11.3 Å². The Morgan fingerprint density at radius 1 is 1.28 bits per heavy atom. The molecule has 1 fully saturated rings. The molecule has 7 heteroatoms. The molecule has 1 aliphatic heterocycles. The fourth-order valence-electron chi connectivity index (χ4n) is 4.08. The second-order valence-electron chi connectivity index (χ2n) is 7.82. The molecule has 0 unspecified atom stereocenters. The predicted molar refractivity (Wildman–Crippen MR) is 99.2 cm³/mol. The Morgan fingerprint density at radius 3 is 2.96 bits per heavy atom. The second-order valence-corrected chi connectivity index (χ2v) is 8.90. The number of thiophene rings is 1. The molecule has 3 aromatic rings. The molecule has 5 rings (SSSR count). The van der Waals surface area contributed by atoms with Crippen molar-refractivity contribution in [2.75, 3.05) is 5.32 Å². The molecular formula is C18H23N5OS. The van der Waals surface area contributed by atoms with Crippen molar-refractivity contribution >= 4 is 33.1 Å². The van der Waals surface area contributed by atoms with Crippen molar-refractivity contribution in [2.45, 2.75) is 70.6 Å². The van der Waals surface area contributed by atoms with Gasteiger partial charge >= 0.3 is 0 Å². The van der Waals surface area contributed by atoms with Crippen LogP contribution in [0.1, 0.15) is 56.4 Å². The molecular weight excluding hydrogens is 334 g/mol. The second kappa shape index (κ2) is 5.64. The molecule has 0 radical (unpaired) electrons. The molecule has 0 aromatic carbocycles. The smallest absolute Gasteiger partial charge is 0.227 e. The SMILES string of the molecule is CC1(C)Cc2c(sc3nc(NC4CCCCC4)n4ncnc4c23)CO1. The number of hydrogen-bond acceptors (Lipinski definition) is 6. The predicted octanol–water partition coefficient (Wildman–Crippen LogP) is 3.93. The summed E-state index contributed by atoms with van der Waals surface area (Å²) in [5.41, 5.74) is 2.11. The van der Waals surface area contributed by atoms with Crippen LogP contribution in [0.25, 0.3) is 15.9 Å². The van der Waals surface area contributed by atoms with Crippen LogP contribution in [0.5, 0.6) is 0 Å². The van der Waals surface area contributed by atoms with E-state index in [1.807, 2.05) is 4.52 Å². The molecule has 132 valence electrons. The van der Waals surface area contributed by atoms with Crippen molar-refractivity contribution in [3.8, 4) is 0 Å². The zero-order valence-corrected chi connectivity index (χ0v) is 15.5. The molecule has 2 aliphatic rings. The van der Waals surface area contributed by atoms with Gasteiger partial charge in [-0.2, -0.15) is 9.61 Å². The van der Waals surface area contributed by atoms with Crippen molar-refractivity contribution in [3.05, 3.63) is 16.8 Å². The maximum Gasteiger partial charge on any atom is 0.227 e. The largest absolute Gasteiger partial charge is 0.370 e. The third-order valence-electron chi connectivity index (χ3n) is 5.39. The van der Waals surface area contributed by atoms with Gasteiger partial charge in [0.05, 0.1) is 17.6 Å². The van der Waals surface area contributed by atoms with E-state index in [2.05, 4.69) is 29.2 Å². The van der Waals surface area contributed by atoms with E-state index in [1.165, 1.54) is 42.5 Å². The molecule has 25 heavy (non-hydrogen) atoms. The van der Waals surface area contributed by atoms with Crippen molar-refractivity contribution in [2.24, 2.45) is 0 Å². The lowest BCUT2D eigenvalue weighted by Crippen LogP contribution is -2.31.